The molecule has 0 aromatic heterocycles. The molecule has 0 spiro atoms. The van der Waals surface area contributed by atoms with Crippen LogP contribution >= 0.6 is 0 Å². The van der Waals surface area contributed by atoms with Crippen molar-refractivity contribution in [3.05, 3.63) is 12.3 Å². The Hall–Kier alpha value is -1.07. The van der Waals surface area contributed by atoms with Crippen molar-refractivity contribution in [3.63, 3.8) is 0 Å². The van der Waals surface area contributed by atoms with Gasteiger partial charge in [0, 0.05) is 0 Å². The lowest BCUT2D eigenvalue weighted by Gasteiger charge is -2.03. The minimum Gasteiger partial charge on any atom is -0.476 e. The minimum atomic E-state index is -1.64. The predicted octanol–water partition coefficient (Wildman–Crippen LogP) is -0.928. The van der Waals surface area contributed by atoms with E-state index in [2.05, 4.69) is 0 Å². The molecule has 2 unspecified atom stereocenters. The molecule has 2 N–H and O–H groups in total. The van der Waals surface area contributed by atoms with Crippen molar-refractivity contribution in [1.29, 1.82) is 0 Å². The molecule has 0 aliphatic carbocycles. The first-order valence-electron chi connectivity index (χ1n) is 3.07. The first-order chi connectivity index (χ1) is 5.17. The van der Waals surface area contributed by atoms with Crippen molar-refractivity contribution in [2.45, 2.75) is 11.4 Å². The highest BCUT2D eigenvalue weighted by Gasteiger charge is 2.79. The molecule has 0 saturated carbocycles. The zero-order chi connectivity index (χ0) is 8.11. The van der Waals surface area contributed by atoms with Crippen molar-refractivity contribution in [3.8, 4) is 0 Å². The summed E-state index contributed by atoms with van der Waals surface area (Å²) in [5.41, 5.74) is -1.13. The molecular weight excluding hydrogens is 152 g/mol. The van der Waals surface area contributed by atoms with Gasteiger partial charge in [0.05, 0.1) is 12.9 Å². The largest absolute Gasteiger partial charge is 0.476 e. The number of carbonyl (C=O) groups is 1. The van der Waals surface area contributed by atoms with Crippen LogP contribution in [-0.2, 0) is 14.3 Å². The summed E-state index contributed by atoms with van der Waals surface area (Å²) < 4.78 is 9.49. The van der Waals surface area contributed by atoms with Crippen LogP contribution in [-0.4, -0.2) is 34.2 Å². The van der Waals surface area contributed by atoms with Gasteiger partial charge in [0.15, 0.2) is 5.60 Å². The molecule has 0 radical (unpaired) electrons. The summed E-state index contributed by atoms with van der Waals surface area (Å²) in [6.07, 6.45) is 2.63. The van der Waals surface area contributed by atoms with Gasteiger partial charge in [-0.15, -0.1) is 0 Å². The fraction of sp³-hybridized carbons (Fsp3) is 0.500. The van der Waals surface area contributed by atoms with E-state index in [9.17, 15) is 4.79 Å². The average molecular weight is 158 g/mol. The standard InChI is InChI=1S/C6H6O5/c7-3-5-1-2-10-6(5,11-5)4(8)9/h1-2,7H,3H2,(H,8,9). The van der Waals surface area contributed by atoms with Gasteiger partial charge in [-0.25, -0.2) is 4.79 Å². The number of hydrogen-bond donors (Lipinski definition) is 2. The van der Waals surface area contributed by atoms with E-state index < -0.39 is 17.4 Å². The molecular formula is C6H6O5. The summed E-state index contributed by atoms with van der Waals surface area (Å²) in [6, 6.07) is 0. The third-order valence-corrected chi connectivity index (χ3v) is 1.93. The van der Waals surface area contributed by atoms with E-state index in [1.807, 2.05) is 0 Å². The van der Waals surface area contributed by atoms with Crippen LogP contribution < -0.4 is 0 Å². The molecule has 0 amide bonds. The van der Waals surface area contributed by atoms with Crippen LogP contribution in [0.25, 0.3) is 0 Å². The van der Waals surface area contributed by atoms with Crippen molar-refractivity contribution >= 4 is 5.97 Å². The Morgan fingerprint density at radius 1 is 1.64 bits per heavy atom. The summed E-state index contributed by atoms with van der Waals surface area (Å²) in [5.74, 6) is -2.85. The van der Waals surface area contributed by atoms with Gasteiger partial charge in [0.1, 0.15) is 0 Å². The van der Waals surface area contributed by atoms with Gasteiger partial charge >= 0.3 is 11.8 Å². The van der Waals surface area contributed by atoms with Crippen LogP contribution in [0.3, 0.4) is 0 Å². The van der Waals surface area contributed by atoms with Crippen LogP contribution in [0.4, 0.5) is 0 Å². The van der Waals surface area contributed by atoms with Crippen molar-refractivity contribution in [1.82, 2.24) is 0 Å². The third-order valence-electron chi connectivity index (χ3n) is 1.93. The van der Waals surface area contributed by atoms with Crippen LogP contribution in [0.5, 0.6) is 0 Å². The maximum atomic E-state index is 10.5. The van der Waals surface area contributed by atoms with Gasteiger partial charge in [-0.2, -0.15) is 0 Å². The lowest BCUT2D eigenvalue weighted by Crippen LogP contribution is -2.33. The molecule has 0 aromatic carbocycles. The highest BCUT2D eigenvalue weighted by Crippen LogP contribution is 2.53. The summed E-state index contributed by atoms with van der Waals surface area (Å²) in [6.45, 7) is -0.379. The average Bonchev–Trinajstić information content (AvgIpc) is 2.52. The Labute approximate surface area is 61.8 Å². The molecule has 2 aliphatic rings. The zero-order valence-corrected chi connectivity index (χ0v) is 5.48. The fourth-order valence-electron chi connectivity index (χ4n) is 1.20. The van der Waals surface area contributed by atoms with Gasteiger partial charge in [-0.3, -0.25) is 0 Å². The SMILES string of the molecule is O=C(O)C12OC=CC1(CO)O2. The van der Waals surface area contributed by atoms with E-state index in [0.29, 0.717) is 0 Å². The number of rotatable bonds is 2. The summed E-state index contributed by atoms with van der Waals surface area (Å²) >= 11 is 0. The maximum Gasteiger partial charge on any atom is 0.381 e. The second-order valence-electron chi connectivity index (χ2n) is 2.49. The van der Waals surface area contributed by atoms with E-state index in [-0.39, 0.29) is 6.61 Å². The van der Waals surface area contributed by atoms with Gasteiger partial charge in [0.2, 0.25) is 0 Å². The normalized spacial score (nSPS) is 44.8. The first-order valence-corrected chi connectivity index (χ1v) is 3.07. The molecule has 2 heterocycles. The number of aliphatic hydroxyl groups is 1. The Kier molecular flexibility index (Phi) is 0.944. The van der Waals surface area contributed by atoms with E-state index in [0.717, 1.165) is 0 Å². The zero-order valence-electron chi connectivity index (χ0n) is 5.48. The van der Waals surface area contributed by atoms with Crippen molar-refractivity contribution in [2.24, 2.45) is 0 Å². The molecule has 0 aromatic rings. The highest BCUT2D eigenvalue weighted by molar-refractivity contribution is 5.83. The molecule has 2 atom stereocenters. The topological polar surface area (TPSA) is 79.3 Å². The first kappa shape index (κ1) is 6.63. The predicted molar refractivity (Wildman–Crippen MR) is 31.5 cm³/mol. The number of aliphatic carboxylic acids is 1. The van der Waals surface area contributed by atoms with E-state index in [1.54, 1.807) is 0 Å². The number of carboxylic acid groups (broad SMARTS) is 1. The summed E-state index contributed by atoms with van der Waals surface area (Å²) in [7, 11) is 0. The monoisotopic (exact) mass is 158 g/mol. The maximum absolute atomic E-state index is 10.5. The van der Waals surface area contributed by atoms with Crippen LogP contribution in [0.15, 0.2) is 12.3 Å². The van der Waals surface area contributed by atoms with Gasteiger partial charge < -0.3 is 19.7 Å². The van der Waals surface area contributed by atoms with E-state index in [4.69, 9.17) is 19.7 Å². The number of aliphatic hydroxyl groups excluding tert-OH is 1. The molecule has 60 valence electrons. The Bertz CT molecular complexity index is 247. The smallest absolute Gasteiger partial charge is 0.381 e. The molecule has 5 nitrogen and oxygen atoms in total. The number of carboxylic acids is 1. The summed E-state index contributed by atoms with van der Waals surface area (Å²) in [5, 5.41) is 17.4. The quantitative estimate of drug-likeness (QED) is 0.507. The van der Waals surface area contributed by atoms with E-state index >= 15 is 0 Å². The molecule has 0 bridgehead atoms. The van der Waals surface area contributed by atoms with Gasteiger partial charge in [-0.05, 0) is 6.08 Å². The molecule has 11 heavy (non-hydrogen) atoms. The van der Waals surface area contributed by atoms with Crippen LogP contribution in [0.1, 0.15) is 0 Å². The second kappa shape index (κ2) is 1.57. The molecule has 1 saturated heterocycles. The van der Waals surface area contributed by atoms with Crippen molar-refractivity contribution < 1.29 is 24.5 Å². The Morgan fingerprint density at radius 3 is 2.73 bits per heavy atom. The van der Waals surface area contributed by atoms with Gasteiger partial charge in [-0.1, -0.05) is 0 Å². The molecule has 2 rings (SSSR count). The number of hydrogen-bond acceptors (Lipinski definition) is 4. The second-order valence-corrected chi connectivity index (χ2v) is 2.49. The third kappa shape index (κ3) is 0.512. The van der Waals surface area contributed by atoms with Crippen molar-refractivity contribution in [2.75, 3.05) is 6.61 Å². The number of ether oxygens (including phenoxy) is 2. The Morgan fingerprint density at radius 2 is 2.36 bits per heavy atom. The van der Waals surface area contributed by atoms with Crippen LogP contribution in [0.2, 0.25) is 0 Å². The highest BCUT2D eigenvalue weighted by atomic mass is 16.8. The summed E-state index contributed by atoms with van der Waals surface area (Å²) in [4.78, 5) is 10.5. The van der Waals surface area contributed by atoms with Gasteiger partial charge in [0.25, 0.3) is 0 Å². The number of fused-ring (bicyclic) bond motifs is 1. The lowest BCUT2D eigenvalue weighted by atomic mass is 10.1. The lowest BCUT2D eigenvalue weighted by molar-refractivity contribution is -0.157. The molecule has 1 fully saturated rings. The Balaban J connectivity index is 2.30. The minimum absolute atomic E-state index is 0.379. The molecule has 2 aliphatic heterocycles. The van der Waals surface area contributed by atoms with E-state index in [1.165, 1.54) is 12.3 Å². The fourth-order valence-corrected chi connectivity index (χ4v) is 1.20. The number of epoxide rings is 1. The van der Waals surface area contributed by atoms with Crippen LogP contribution in [0, 0.1) is 0 Å². The molecule has 5 heteroatoms.